The number of fused-ring (bicyclic) bond motifs is 3. The largest absolute Gasteiger partial charge is 0.356 e. The summed E-state index contributed by atoms with van der Waals surface area (Å²) in [5.74, 6) is 1.03. The van der Waals surface area contributed by atoms with Crippen molar-refractivity contribution in [2.24, 2.45) is 0 Å². The monoisotopic (exact) mass is 484 g/mol. The normalized spacial score (nSPS) is 17.4. The molecule has 0 saturated carbocycles. The average Bonchev–Trinajstić information content (AvgIpc) is 3.57. The Bertz CT molecular complexity index is 1380. The van der Waals surface area contributed by atoms with E-state index in [1.807, 2.05) is 49.1 Å². The first-order valence-corrected chi connectivity index (χ1v) is 12.7. The molecule has 1 aromatic carbocycles. The highest BCUT2D eigenvalue weighted by Gasteiger charge is 2.44. The minimum absolute atomic E-state index is 0.0294. The zero-order chi connectivity index (χ0) is 24.7. The molecule has 1 amide bonds. The number of hydrogen-bond donors (Lipinski definition) is 2. The molecule has 1 saturated heterocycles. The van der Waals surface area contributed by atoms with E-state index in [0.29, 0.717) is 12.8 Å². The van der Waals surface area contributed by atoms with Gasteiger partial charge in [0, 0.05) is 42.6 Å². The number of anilines is 2. The molecule has 2 aliphatic rings. The highest BCUT2D eigenvalue weighted by molar-refractivity contribution is 5.99. The van der Waals surface area contributed by atoms with Crippen LogP contribution in [0.25, 0.3) is 16.7 Å². The first-order valence-electron chi connectivity index (χ1n) is 12.7. The fourth-order valence-electron chi connectivity index (χ4n) is 5.82. The Morgan fingerprint density at radius 2 is 1.97 bits per heavy atom. The maximum atomic E-state index is 13.7. The molecule has 0 unspecified atom stereocenters. The molecule has 36 heavy (non-hydrogen) atoms. The second kappa shape index (κ2) is 9.05. The number of H-pyrrole nitrogens is 1. The van der Waals surface area contributed by atoms with Crippen molar-refractivity contribution in [3.8, 4) is 5.69 Å². The third kappa shape index (κ3) is 3.83. The van der Waals surface area contributed by atoms with Gasteiger partial charge in [0.1, 0.15) is 23.3 Å². The Balaban J connectivity index is 1.23. The molecule has 3 aromatic heterocycles. The quantitative estimate of drug-likeness (QED) is 0.450. The van der Waals surface area contributed by atoms with E-state index in [9.17, 15) is 4.79 Å². The summed E-state index contributed by atoms with van der Waals surface area (Å²) >= 11 is 0. The van der Waals surface area contributed by atoms with E-state index < -0.39 is 5.54 Å². The number of aryl methyl sites for hydroxylation is 2. The number of amides is 1. The van der Waals surface area contributed by atoms with Gasteiger partial charge >= 0.3 is 0 Å². The molecule has 1 aliphatic heterocycles. The molecule has 0 radical (unpaired) electrons. The SMILES string of the molecule is CN(C)C1(C(=O)Nc2cccc(-n3ccnc3)c2)CCN(c2ncnc3[nH]c4c(c23)CCCC4)CC1. The van der Waals surface area contributed by atoms with Crippen molar-refractivity contribution in [3.63, 3.8) is 0 Å². The summed E-state index contributed by atoms with van der Waals surface area (Å²) in [5.41, 5.74) is 4.78. The number of likely N-dealkylation sites (N-methyl/N-ethyl adjacent to an activating group) is 1. The number of rotatable bonds is 5. The molecule has 9 nitrogen and oxygen atoms in total. The highest BCUT2D eigenvalue weighted by atomic mass is 16.2. The van der Waals surface area contributed by atoms with Gasteiger partial charge in [-0.25, -0.2) is 15.0 Å². The van der Waals surface area contributed by atoms with Crippen LogP contribution in [0.3, 0.4) is 0 Å². The summed E-state index contributed by atoms with van der Waals surface area (Å²) in [7, 11) is 4.01. The third-order valence-electron chi connectivity index (χ3n) is 7.94. The fraction of sp³-hybridized carbons (Fsp3) is 0.407. The van der Waals surface area contributed by atoms with Gasteiger partial charge in [-0.1, -0.05) is 6.07 Å². The number of benzene rings is 1. The third-order valence-corrected chi connectivity index (χ3v) is 7.94. The summed E-state index contributed by atoms with van der Waals surface area (Å²) in [6, 6.07) is 7.86. The Labute approximate surface area is 210 Å². The fourth-order valence-corrected chi connectivity index (χ4v) is 5.82. The Kier molecular flexibility index (Phi) is 5.72. The number of aromatic amines is 1. The summed E-state index contributed by atoms with van der Waals surface area (Å²) in [6.45, 7) is 1.51. The van der Waals surface area contributed by atoms with Gasteiger partial charge in [-0.2, -0.15) is 0 Å². The van der Waals surface area contributed by atoms with Gasteiger partial charge in [-0.15, -0.1) is 0 Å². The lowest BCUT2D eigenvalue weighted by molar-refractivity contribution is -0.127. The van der Waals surface area contributed by atoms with Crippen LogP contribution in [0.1, 0.15) is 36.9 Å². The van der Waals surface area contributed by atoms with E-state index in [2.05, 4.69) is 30.1 Å². The predicted octanol–water partition coefficient (Wildman–Crippen LogP) is 3.56. The lowest BCUT2D eigenvalue weighted by Gasteiger charge is -2.45. The van der Waals surface area contributed by atoms with Crippen LogP contribution in [0, 0.1) is 0 Å². The molecule has 9 heteroatoms. The molecule has 4 aromatic rings. The topological polar surface area (TPSA) is 95.0 Å². The maximum Gasteiger partial charge on any atom is 0.245 e. The van der Waals surface area contributed by atoms with Crippen molar-refractivity contribution in [3.05, 3.63) is 60.6 Å². The Morgan fingerprint density at radius 3 is 2.75 bits per heavy atom. The predicted molar refractivity (Wildman–Crippen MR) is 141 cm³/mol. The van der Waals surface area contributed by atoms with Crippen LogP contribution in [0.15, 0.2) is 49.3 Å². The van der Waals surface area contributed by atoms with Crippen LogP contribution in [0.2, 0.25) is 0 Å². The number of imidazole rings is 1. The van der Waals surface area contributed by atoms with Crippen LogP contribution in [-0.2, 0) is 17.6 Å². The molecular weight excluding hydrogens is 452 g/mol. The molecule has 186 valence electrons. The van der Waals surface area contributed by atoms with Crippen molar-refractivity contribution in [1.82, 2.24) is 29.4 Å². The molecule has 0 spiro atoms. The number of nitrogens with one attached hydrogen (secondary N) is 2. The smallest absolute Gasteiger partial charge is 0.245 e. The Hall–Kier alpha value is -3.72. The lowest BCUT2D eigenvalue weighted by atomic mass is 9.85. The number of nitrogens with zero attached hydrogens (tertiary/aromatic N) is 6. The van der Waals surface area contributed by atoms with Crippen LogP contribution in [0.5, 0.6) is 0 Å². The van der Waals surface area contributed by atoms with E-state index in [-0.39, 0.29) is 5.91 Å². The second-order valence-electron chi connectivity index (χ2n) is 10.1. The van der Waals surface area contributed by atoms with Crippen molar-refractivity contribution in [1.29, 1.82) is 0 Å². The summed E-state index contributed by atoms with van der Waals surface area (Å²) in [6.07, 6.45) is 13.1. The van der Waals surface area contributed by atoms with Gasteiger partial charge in [0.2, 0.25) is 5.91 Å². The molecule has 1 fully saturated rings. The van der Waals surface area contributed by atoms with Crippen molar-refractivity contribution < 1.29 is 4.79 Å². The summed E-state index contributed by atoms with van der Waals surface area (Å²) < 4.78 is 1.93. The summed E-state index contributed by atoms with van der Waals surface area (Å²) in [5, 5.41) is 4.37. The van der Waals surface area contributed by atoms with Crippen LogP contribution in [0.4, 0.5) is 11.5 Å². The van der Waals surface area contributed by atoms with Crippen LogP contribution >= 0.6 is 0 Å². The van der Waals surface area contributed by atoms with Gasteiger partial charge < -0.3 is 19.8 Å². The highest BCUT2D eigenvalue weighted by Crippen LogP contribution is 2.37. The number of carbonyl (C=O) groups is 1. The number of hydrogen-bond acceptors (Lipinski definition) is 6. The average molecular weight is 485 g/mol. The first-order chi connectivity index (χ1) is 17.5. The van der Waals surface area contributed by atoms with Gasteiger partial charge in [0.15, 0.2) is 0 Å². The number of aromatic nitrogens is 5. The van der Waals surface area contributed by atoms with Crippen LogP contribution in [-0.4, -0.2) is 68.0 Å². The van der Waals surface area contributed by atoms with Crippen molar-refractivity contribution in [2.75, 3.05) is 37.4 Å². The van der Waals surface area contributed by atoms with Gasteiger partial charge in [0.05, 0.1) is 11.7 Å². The zero-order valence-electron chi connectivity index (χ0n) is 20.9. The lowest BCUT2D eigenvalue weighted by Crippen LogP contribution is -2.59. The zero-order valence-corrected chi connectivity index (χ0v) is 20.9. The minimum Gasteiger partial charge on any atom is -0.356 e. The molecule has 0 atom stereocenters. The standard InChI is InChI=1S/C27H32N8O/c1-33(2)27(26(36)31-19-6-5-7-20(16-19)35-15-12-28-18-35)10-13-34(14-11-27)25-23-21-8-3-4-9-22(21)32-24(23)29-17-30-25/h5-7,12,15-18H,3-4,8-11,13-14H2,1-2H3,(H,31,36)(H,29,30,32). The summed E-state index contributed by atoms with van der Waals surface area (Å²) in [4.78, 5) is 35.0. The molecule has 0 bridgehead atoms. The second-order valence-corrected chi connectivity index (χ2v) is 10.1. The molecule has 6 rings (SSSR count). The van der Waals surface area contributed by atoms with E-state index in [1.165, 1.54) is 29.5 Å². The van der Waals surface area contributed by atoms with E-state index in [0.717, 1.165) is 48.8 Å². The molecular formula is C27H32N8O. The molecule has 2 N–H and O–H groups in total. The van der Waals surface area contributed by atoms with Gasteiger partial charge in [-0.05, 0) is 76.4 Å². The van der Waals surface area contributed by atoms with E-state index in [4.69, 9.17) is 4.98 Å². The molecule has 4 heterocycles. The van der Waals surface area contributed by atoms with E-state index >= 15 is 0 Å². The van der Waals surface area contributed by atoms with Crippen LogP contribution < -0.4 is 10.2 Å². The minimum atomic E-state index is -0.592. The van der Waals surface area contributed by atoms with E-state index in [1.54, 1.807) is 18.9 Å². The number of piperidine rings is 1. The maximum absolute atomic E-state index is 13.7. The number of carbonyl (C=O) groups excluding carboxylic acids is 1. The first kappa shape index (κ1) is 22.7. The van der Waals surface area contributed by atoms with Gasteiger partial charge in [0.25, 0.3) is 0 Å². The van der Waals surface area contributed by atoms with Crippen molar-refractivity contribution in [2.45, 2.75) is 44.1 Å². The molecule has 1 aliphatic carbocycles. The Morgan fingerprint density at radius 1 is 1.14 bits per heavy atom. The van der Waals surface area contributed by atoms with Gasteiger partial charge in [-0.3, -0.25) is 9.69 Å². The van der Waals surface area contributed by atoms with Crippen molar-refractivity contribution >= 4 is 28.4 Å².